The molecule has 170 valence electrons. The Morgan fingerprint density at radius 1 is 1.12 bits per heavy atom. The highest BCUT2D eigenvalue weighted by molar-refractivity contribution is 5.97. The number of piperidine rings is 1. The quantitative estimate of drug-likeness (QED) is 0.415. The fourth-order valence-electron chi connectivity index (χ4n) is 5.32. The Morgan fingerprint density at radius 2 is 2.00 bits per heavy atom. The van der Waals surface area contributed by atoms with E-state index in [1.54, 1.807) is 0 Å². The number of hydrogen-bond acceptors (Lipinski definition) is 6. The molecule has 0 unspecified atom stereocenters. The zero-order valence-electron chi connectivity index (χ0n) is 19.6. The minimum absolute atomic E-state index is 0.126. The smallest absolute Gasteiger partial charge is 0.163 e. The van der Waals surface area contributed by atoms with Crippen LogP contribution >= 0.6 is 0 Å². The molecule has 3 N–H and O–H groups in total. The Hall–Kier alpha value is -3.06. The van der Waals surface area contributed by atoms with Gasteiger partial charge < -0.3 is 15.6 Å². The molecule has 0 aromatic carbocycles. The van der Waals surface area contributed by atoms with Gasteiger partial charge in [-0.05, 0) is 61.8 Å². The van der Waals surface area contributed by atoms with Gasteiger partial charge in [-0.2, -0.15) is 0 Å². The maximum atomic E-state index is 5.18. The summed E-state index contributed by atoms with van der Waals surface area (Å²) >= 11 is 0. The van der Waals surface area contributed by atoms with Gasteiger partial charge in [-0.1, -0.05) is 20.3 Å². The molecule has 6 rings (SSSR count). The maximum absolute atomic E-state index is 5.18. The van der Waals surface area contributed by atoms with Crippen LogP contribution < -0.4 is 10.6 Å². The number of aryl methyl sites for hydroxylation is 1. The van der Waals surface area contributed by atoms with Crippen LogP contribution in [0.4, 0.5) is 5.82 Å². The molecule has 0 bridgehead atoms. The van der Waals surface area contributed by atoms with Gasteiger partial charge in [0.2, 0.25) is 0 Å². The predicted molar refractivity (Wildman–Crippen MR) is 132 cm³/mol. The summed E-state index contributed by atoms with van der Waals surface area (Å²) in [5.41, 5.74) is 5.26. The second-order valence-electron chi connectivity index (χ2n) is 10.4. The summed E-state index contributed by atoms with van der Waals surface area (Å²) in [6.45, 7) is 8.70. The summed E-state index contributed by atoms with van der Waals surface area (Å²) in [6.07, 6.45) is 10.5. The Labute approximate surface area is 193 Å². The highest BCUT2D eigenvalue weighted by Crippen LogP contribution is 2.42. The molecule has 0 spiro atoms. The lowest BCUT2D eigenvalue weighted by atomic mass is 9.78. The van der Waals surface area contributed by atoms with Gasteiger partial charge in [-0.15, -0.1) is 0 Å². The average molecular weight is 442 g/mol. The van der Waals surface area contributed by atoms with Crippen LogP contribution in [-0.4, -0.2) is 44.1 Å². The lowest BCUT2D eigenvalue weighted by Crippen LogP contribution is -2.49. The summed E-state index contributed by atoms with van der Waals surface area (Å²) < 4.78 is 0. The van der Waals surface area contributed by atoms with Crippen LogP contribution in [-0.2, 0) is 0 Å². The number of hydrogen-bond donors (Lipinski definition) is 3. The van der Waals surface area contributed by atoms with Crippen molar-refractivity contribution in [3.63, 3.8) is 0 Å². The maximum Gasteiger partial charge on any atom is 0.163 e. The van der Waals surface area contributed by atoms with E-state index < -0.39 is 0 Å². The van der Waals surface area contributed by atoms with Crippen molar-refractivity contribution in [3.8, 4) is 11.4 Å². The number of anilines is 1. The highest BCUT2D eigenvalue weighted by atomic mass is 15.1. The topological polar surface area (TPSA) is 91.4 Å². The van der Waals surface area contributed by atoms with Crippen molar-refractivity contribution < 1.29 is 0 Å². The Balaban J connectivity index is 1.55. The number of aromatic nitrogens is 5. The molecule has 7 nitrogen and oxygen atoms in total. The third-order valence-corrected chi connectivity index (χ3v) is 7.53. The molecular formula is C26H31N7. The summed E-state index contributed by atoms with van der Waals surface area (Å²) in [4.78, 5) is 22.6. The van der Waals surface area contributed by atoms with Crippen LogP contribution in [0.15, 0.2) is 30.7 Å². The molecule has 0 amide bonds. The molecule has 2 fully saturated rings. The van der Waals surface area contributed by atoms with E-state index in [1.165, 1.54) is 24.8 Å². The summed E-state index contributed by atoms with van der Waals surface area (Å²) in [7, 11) is 0. The first kappa shape index (κ1) is 20.5. The van der Waals surface area contributed by atoms with Gasteiger partial charge in [0.05, 0.1) is 11.7 Å². The molecule has 2 aliphatic rings. The average Bonchev–Trinajstić information content (AvgIpc) is 3.14. The summed E-state index contributed by atoms with van der Waals surface area (Å²) in [5, 5.41) is 9.61. The van der Waals surface area contributed by atoms with Gasteiger partial charge in [-0.25, -0.2) is 15.0 Å². The molecule has 33 heavy (non-hydrogen) atoms. The molecule has 4 aromatic heterocycles. The Bertz CT molecular complexity index is 1340. The first-order valence-electron chi connectivity index (χ1n) is 12.1. The van der Waals surface area contributed by atoms with E-state index in [9.17, 15) is 0 Å². The molecule has 4 aromatic rings. The Kier molecular flexibility index (Phi) is 4.83. The van der Waals surface area contributed by atoms with Gasteiger partial charge in [-0.3, -0.25) is 4.98 Å². The van der Waals surface area contributed by atoms with E-state index in [0.717, 1.165) is 64.3 Å². The number of H-pyrrole nitrogens is 1. The van der Waals surface area contributed by atoms with Crippen molar-refractivity contribution in [2.75, 3.05) is 18.4 Å². The fraction of sp³-hybridized carbons (Fsp3) is 0.462. The molecule has 1 saturated heterocycles. The lowest BCUT2D eigenvalue weighted by Gasteiger charge is -2.40. The SMILES string of the molecule is Cc1cc2c(-c3nc(N[C@H]4CCNCC4(C)C)c4c(C5CCC5)cncc4n3)ccnc2[nH]1. The molecule has 0 radical (unpaired) electrons. The van der Waals surface area contributed by atoms with Gasteiger partial charge >= 0.3 is 0 Å². The van der Waals surface area contributed by atoms with Crippen LogP contribution in [0, 0.1) is 12.3 Å². The van der Waals surface area contributed by atoms with Gasteiger partial charge in [0, 0.05) is 47.0 Å². The van der Waals surface area contributed by atoms with E-state index in [4.69, 9.17) is 9.97 Å². The van der Waals surface area contributed by atoms with E-state index in [0.29, 0.717) is 12.0 Å². The largest absolute Gasteiger partial charge is 0.366 e. The fourth-order valence-corrected chi connectivity index (χ4v) is 5.32. The normalized spacial score (nSPS) is 20.8. The Morgan fingerprint density at radius 3 is 2.79 bits per heavy atom. The summed E-state index contributed by atoms with van der Waals surface area (Å²) in [5.74, 6) is 2.21. The minimum Gasteiger partial charge on any atom is -0.366 e. The van der Waals surface area contributed by atoms with Crippen LogP contribution in [0.2, 0.25) is 0 Å². The molecule has 1 aliphatic heterocycles. The van der Waals surface area contributed by atoms with Crippen molar-refractivity contribution in [2.45, 2.75) is 58.4 Å². The monoisotopic (exact) mass is 441 g/mol. The second kappa shape index (κ2) is 7.76. The first-order chi connectivity index (χ1) is 16.0. The van der Waals surface area contributed by atoms with E-state index in [-0.39, 0.29) is 5.41 Å². The van der Waals surface area contributed by atoms with Gasteiger partial charge in [0.15, 0.2) is 5.82 Å². The highest BCUT2D eigenvalue weighted by Gasteiger charge is 2.33. The third kappa shape index (κ3) is 3.55. The van der Waals surface area contributed by atoms with Crippen LogP contribution in [0.3, 0.4) is 0 Å². The summed E-state index contributed by atoms with van der Waals surface area (Å²) in [6, 6.07) is 4.47. The number of fused-ring (bicyclic) bond motifs is 2. The van der Waals surface area contributed by atoms with E-state index >= 15 is 0 Å². The number of rotatable bonds is 4. The van der Waals surface area contributed by atoms with Crippen molar-refractivity contribution in [2.24, 2.45) is 5.41 Å². The zero-order valence-corrected chi connectivity index (χ0v) is 19.6. The molecule has 1 atom stereocenters. The van der Waals surface area contributed by atoms with Crippen molar-refractivity contribution in [3.05, 3.63) is 42.0 Å². The molecular weight excluding hydrogens is 410 g/mol. The van der Waals surface area contributed by atoms with Crippen LogP contribution in [0.25, 0.3) is 33.3 Å². The van der Waals surface area contributed by atoms with E-state index in [2.05, 4.69) is 45.5 Å². The minimum atomic E-state index is 0.126. The lowest BCUT2D eigenvalue weighted by molar-refractivity contribution is 0.236. The third-order valence-electron chi connectivity index (χ3n) is 7.53. The second-order valence-corrected chi connectivity index (χ2v) is 10.4. The zero-order chi connectivity index (χ0) is 22.6. The standard InChI is InChI=1S/C26H31N7/c1-15-11-18-17(7-10-29-23(18)30-15)24-31-20-13-28-12-19(16-5-4-6-16)22(20)25(33-24)32-21-8-9-27-14-26(21,2)3/h7,10-13,16,21,27H,4-6,8-9,14H2,1-3H3,(H,29,30)(H,31,32,33)/t21-/m0/s1. The van der Waals surface area contributed by atoms with Gasteiger partial charge in [0.25, 0.3) is 0 Å². The van der Waals surface area contributed by atoms with Gasteiger partial charge in [0.1, 0.15) is 11.5 Å². The molecule has 7 heteroatoms. The van der Waals surface area contributed by atoms with Crippen molar-refractivity contribution in [1.29, 1.82) is 0 Å². The number of pyridine rings is 2. The number of nitrogens with zero attached hydrogens (tertiary/aromatic N) is 4. The van der Waals surface area contributed by atoms with Crippen LogP contribution in [0.1, 0.15) is 56.7 Å². The molecule has 5 heterocycles. The van der Waals surface area contributed by atoms with Crippen molar-refractivity contribution in [1.82, 2.24) is 30.2 Å². The molecule has 1 aliphatic carbocycles. The van der Waals surface area contributed by atoms with Crippen LogP contribution in [0.5, 0.6) is 0 Å². The molecule has 1 saturated carbocycles. The number of aromatic amines is 1. The predicted octanol–water partition coefficient (Wildman–Crippen LogP) is 4.94. The van der Waals surface area contributed by atoms with E-state index in [1.807, 2.05) is 31.6 Å². The first-order valence-corrected chi connectivity index (χ1v) is 12.1. The number of nitrogens with one attached hydrogen (secondary N) is 3. The van der Waals surface area contributed by atoms with Crippen molar-refractivity contribution >= 4 is 27.8 Å².